The van der Waals surface area contributed by atoms with Gasteiger partial charge >= 0.3 is 0 Å². The Hall–Kier alpha value is -2.57. The third-order valence-corrected chi connectivity index (χ3v) is 3.69. The number of ether oxygens (including phenoxy) is 1. The summed E-state index contributed by atoms with van der Waals surface area (Å²) in [7, 11) is 0. The van der Waals surface area contributed by atoms with Crippen molar-refractivity contribution in [3.8, 4) is 5.75 Å². The van der Waals surface area contributed by atoms with Crippen LogP contribution in [0.4, 0.5) is 5.69 Å². The number of hydrogen-bond acceptors (Lipinski definition) is 4. The Labute approximate surface area is 141 Å². The van der Waals surface area contributed by atoms with Crippen molar-refractivity contribution >= 4 is 23.4 Å². The summed E-state index contributed by atoms with van der Waals surface area (Å²) in [4.78, 5) is 37.4. The van der Waals surface area contributed by atoms with Crippen molar-refractivity contribution in [2.24, 2.45) is 0 Å². The summed E-state index contributed by atoms with van der Waals surface area (Å²) < 4.78 is 5.36. The Morgan fingerprint density at radius 1 is 1.33 bits per heavy atom. The van der Waals surface area contributed by atoms with Crippen LogP contribution in [-0.2, 0) is 14.4 Å². The predicted octanol–water partition coefficient (Wildman–Crippen LogP) is 0.833. The average molecular weight is 333 g/mol. The van der Waals surface area contributed by atoms with E-state index in [-0.39, 0.29) is 37.3 Å². The maximum absolute atomic E-state index is 12.0. The summed E-state index contributed by atoms with van der Waals surface area (Å²) in [5.74, 6) is -0.0380. The number of hydrogen-bond donors (Lipinski definition) is 2. The van der Waals surface area contributed by atoms with Crippen LogP contribution in [0.25, 0.3) is 0 Å². The zero-order valence-electron chi connectivity index (χ0n) is 14.0. The monoisotopic (exact) mass is 333 g/mol. The van der Waals surface area contributed by atoms with E-state index >= 15 is 0 Å². The number of nitrogens with one attached hydrogen (secondary N) is 2. The summed E-state index contributed by atoms with van der Waals surface area (Å²) in [6.07, 6.45) is 0.955. The second-order valence-electron chi connectivity index (χ2n) is 5.63. The summed E-state index contributed by atoms with van der Waals surface area (Å²) >= 11 is 0. The molecule has 3 amide bonds. The maximum atomic E-state index is 12.0. The largest absolute Gasteiger partial charge is 0.482 e. The van der Waals surface area contributed by atoms with Gasteiger partial charge < -0.3 is 20.3 Å². The highest BCUT2D eigenvalue weighted by Crippen LogP contribution is 2.31. The summed E-state index contributed by atoms with van der Waals surface area (Å²) in [6, 6.07) is 6.61. The van der Waals surface area contributed by atoms with Gasteiger partial charge in [0.15, 0.2) is 6.61 Å². The molecular formula is C17H23N3O4. The van der Waals surface area contributed by atoms with Gasteiger partial charge in [-0.2, -0.15) is 0 Å². The topological polar surface area (TPSA) is 87.7 Å². The summed E-state index contributed by atoms with van der Waals surface area (Å²) in [5.41, 5.74) is 0.662. The first-order valence-electron chi connectivity index (χ1n) is 8.12. The minimum Gasteiger partial charge on any atom is -0.482 e. The second kappa shape index (κ2) is 8.33. The van der Waals surface area contributed by atoms with Crippen LogP contribution in [0.15, 0.2) is 24.3 Å². The van der Waals surface area contributed by atoms with Crippen molar-refractivity contribution in [2.75, 3.05) is 24.6 Å². The van der Waals surface area contributed by atoms with Gasteiger partial charge in [0, 0.05) is 19.5 Å². The van der Waals surface area contributed by atoms with E-state index in [1.165, 1.54) is 0 Å². The summed E-state index contributed by atoms with van der Waals surface area (Å²) in [6.45, 7) is 4.39. The molecule has 1 aromatic carbocycles. The van der Waals surface area contributed by atoms with Gasteiger partial charge in [0.2, 0.25) is 11.8 Å². The molecule has 0 saturated heterocycles. The van der Waals surface area contributed by atoms with E-state index in [1.54, 1.807) is 24.0 Å². The first-order chi connectivity index (χ1) is 11.5. The molecule has 1 atom stereocenters. The zero-order valence-corrected chi connectivity index (χ0v) is 14.0. The van der Waals surface area contributed by atoms with Gasteiger partial charge in [0.05, 0.1) is 5.69 Å². The maximum Gasteiger partial charge on any atom is 0.265 e. The van der Waals surface area contributed by atoms with E-state index in [0.717, 1.165) is 6.42 Å². The van der Waals surface area contributed by atoms with Gasteiger partial charge in [0.1, 0.15) is 11.8 Å². The molecule has 0 unspecified atom stereocenters. The molecular weight excluding hydrogens is 310 g/mol. The van der Waals surface area contributed by atoms with Crippen LogP contribution < -0.4 is 20.3 Å². The molecule has 130 valence electrons. The fourth-order valence-corrected chi connectivity index (χ4v) is 2.39. The van der Waals surface area contributed by atoms with Crippen LogP contribution in [0.1, 0.15) is 26.7 Å². The van der Waals surface area contributed by atoms with Gasteiger partial charge in [-0.3, -0.25) is 14.4 Å². The Morgan fingerprint density at radius 3 is 2.83 bits per heavy atom. The van der Waals surface area contributed by atoms with Gasteiger partial charge in [-0.25, -0.2) is 0 Å². The van der Waals surface area contributed by atoms with Gasteiger partial charge in [-0.15, -0.1) is 0 Å². The molecule has 0 aromatic heterocycles. The lowest BCUT2D eigenvalue weighted by molar-refractivity contribution is -0.128. The van der Waals surface area contributed by atoms with Crippen molar-refractivity contribution in [1.82, 2.24) is 10.6 Å². The highest BCUT2D eigenvalue weighted by atomic mass is 16.5. The molecule has 0 bridgehead atoms. The molecule has 2 N–H and O–H groups in total. The van der Waals surface area contributed by atoms with Crippen molar-refractivity contribution in [1.29, 1.82) is 0 Å². The van der Waals surface area contributed by atoms with Crippen molar-refractivity contribution < 1.29 is 19.1 Å². The summed E-state index contributed by atoms with van der Waals surface area (Å²) in [5, 5.41) is 5.38. The second-order valence-corrected chi connectivity index (χ2v) is 5.63. The van der Waals surface area contributed by atoms with Crippen molar-refractivity contribution in [2.45, 2.75) is 32.7 Å². The lowest BCUT2D eigenvalue weighted by Crippen LogP contribution is -2.46. The van der Waals surface area contributed by atoms with E-state index < -0.39 is 6.04 Å². The molecule has 1 aliphatic heterocycles. The zero-order chi connectivity index (χ0) is 17.5. The van der Waals surface area contributed by atoms with Crippen LogP contribution in [0.2, 0.25) is 0 Å². The van der Waals surface area contributed by atoms with Crippen LogP contribution >= 0.6 is 0 Å². The van der Waals surface area contributed by atoms with E-state index in [2.05, 4.69) is 10.6 Å². The molecule has 1 heterocycles. The normalized spacial score (nSPS) is 14.4. The fraction of sp³-hybridized carbons (Fsp3) is 0.471. The number of amides is 3. The number of benzene rings is 1. The first kappa shape index (κ1) is 17.8. The number of carbonyl (C=O) groups is 3. The molecule has 7 nitrogen and oxygen atoms in total. The Balaban J connectivity index is 1.88. The number of nitrogens with zero attached hydrogens (tertiary/aromatic N) is 1. The first-order valence-corrected chi connectivity index (χ1v) is 8.12. The van der Waals surface area contributed by atoms with Crippen LogP contribution in [-0.4, -0.2) is 43.5 Å². The Morgan fingerprint density at radius 2 is 2.08 bits per heavy atom. The van der Waals surface area contributed by atoms with Gasteiger partial charge in [-0.1, -0.05) is 19.1 Å². The highest BCUT2D eigenvalue weighted by molar-refractivity contribution is 5.98. The van der Waals surface area contributed by atoms with Crippen LogP contribution in [0.3, 0.4) is 0 Å². The standard InChI is InChI=1S/C17H23N3O4/c1-3-9-18-17(23)12(2)19-15(21)8-10-20-13-6-4-5-7-14(13)24-11-16(20)22/h4-7,12H,3,8-11H2,1-2H3,(H,18,23)(H,19,21)/t12-/m1/s1. The molecule has 0 saturated carbocycles. The molecule has 0 spiro atoms. The van der Waals surface area contributed by atoms with Crippen LogP contribution in [0.5, 0.6) is 5.75 Å². The SMILES string of the molecule is CCCNC(=O)[C@@H](C)NC(=O)CCN1C(=O)COc2ccccc21. The van der Waals surface area contributed by atoms with Crippen molar-refractivity contribution in [3.63, 3.8) is 0 Å². The number of anilines is 1. The quantitative estimate of drug-likeness (QED) is 0.774. The average Bonchev–Trinajstić information content (AvgIpc) is 2.58. The Bertz CT molecular complexity index is 618. The Kier molecular flexibility index (Phi) is 6.17. The van der Waals surface area contributed by atoms with E-state index in [9.17, 15) is 14.4 Å². The molecule has 2 rings (SSSR count). The third kappa shape index (κ3) is 4.47. The smallest absolute Gasteiger partial charge is 0.265 e. The molecule has 0 aliphatic carbocycles. The van der Waals surface area contributed by atoms with Gasteiger partial charge in [0.25, 0.3) is 5.91 Å². The molecule has 1 aromatic rings. The molecule has 1 aliphatic rings. The fourth-order valence-electron chi connectivity index (χ4n) is 2.39. The lowest BCUT2D eigenvalue weighted by atomic mass is 10.2. The number of carbonyl (C=O) groups excluding carboxylic acids is 3. The number of fused-ring (bicyclic) bond motifs is 1. The van der Waals surface area contributed by atoms with E-state index in [0.29, 0.717) is 18.0 Å². The van der Waals surface area contributed by atoms with Crippen molar-refractivity contribution in [3.05, 3.63) is 24.3 Å². The highest BCUT2D eigenvalue weighted by Gasteiger charge is 2.25. The lowest BCUT2D eigenvalue weighted by Gasteiger charge is -2.29. The molecule has 7 heteroatoms. The molecule has 24 heavy (non-hydrogen) atoms. The minimum atomic E-state index is -0.600. The number of rotatable bonds is 7. The molecule has 0 fully saturated rings. The molecule has 0 radical (unpaired) electrons. The van der Waals surface area contributed by atoms with E-state index in [1.807, 2.05) is 19.1 Å². The van der Waals surface area contributed by atoms with Gasteiger partial charge in [-0.05, 0) is 25.5 Å². The number of para-hydroxylation sites is 2. The van der Waals surface area contributed by atoms with Crippen LogP contribution in [0, 0.1) is 0 Å². The minimum absolute atomic E-state index is 0.0333. The predicted molar refractivity (Wildman–Crippen MR) is 89.8 cm³/mol. The van der Waals surface area contributed by atoms with E-state index in [4.69, 9.17) is 4.74 Å². The third-order valence-electron chi connectivity index (χ3n) is 3.69.